The van der Waals surface area contributed by atoms with Crippen LogP contribution in [0.1, 0.15) is 23.9 Å². The van der Waals surface area contributed by atoms with Gasteiger partial charge in [-0.3, -0.25) is 9.59 Å². The topological polar surface area (TPSA) is 84.7 Å². The van der Waals surface area contributed by atoms with E-state index in [2.05, 4.69) is 36.3 Å². The molecular formula is C23H23BrN4O3. The van der Waals surface area contributed by atoms with Crippen molar-refractivity contribution < 1.29 is 14.3 Å². The Morgan fingerprint density at radius 3 is 2.61 bits per heavy atom. The van der Waals surface area contributed by atoms with E-state index >= 15 is 0 Å². The summed E-state index contributed by atoms with van der Waals surface area (Å²) in [6, 6.07) is 16.8. The highest BCUT2D eigenvalue weighted by Crippen LogP contribution is 2.24. The predicted octanol–water partition coefficient (Wildman–Crippen LogP) is 4.34. The molecule has 0 spiro atoms. The number of rotatable bonds is 6. The quantitative estimate of drug-likeness (QED) is 0.311. The summed E-state index contributed by atoms with van der Waals surface area (Å²) in [6.45, 7) is 6.25. The number of ether oxygens (including phenoxy) is 1. The van der Waals surface area contributed by atoms with E-state index in [4.69, 9.17) is 4.74 Å². The first kappa shape index (κ1) is 22.3. The van der Waals surface area contributed by atoms with Gasteiger partial charge in [-0.15, -0.1) is 0 Å². The zero-order valence-electron chi connectivity index (χ0n) is 17.5. The molecule has 2 aromatic carbocycles. The highest BCUT2D eigenvalue weighted by Gasteiger charge is 2.15. The molecule has 0 aliphatic heterocycles. The molecule has 0 fully saturated rings. The average Bonchev–Trinajstić information content (AvgIpc) is 3.02. The Balaban J connectivity index is 1.68. The number of anilines is 1. The van der Waals surface area contributed by atoms with Crippen molar-refractivity contribution in [3.05, 3.63) is 76.0 Å². The molecule has 1 aromatic heterocycles. The van der Waals surface area contributed by atoms with Crippen LogP contribution in [0, 0.1) is 13.8 Å². The summed E-state index contributed by atoms with van der Waals surface area (Å²) in [4.78, 5) is 24.3. The number of hydrogen-bond donors (Lipinski definition) is 2. The number of aromatic nitrogens is 1. The summed E-state index contributed by atoms with van der Waals surface area (Å²) >= 11 is 3.49. The number of amides is 2. The van der Waals surface area contributed by atoms with Gasteiger partial charge in [-0.25, -0.2) is 5.43 Å². The minimum atomic E-state index is -0.872. The number of hydrogen-bond acceptors (Lipinski definition) is 4. The maximum atomic E-state index is 12.2. The van der Waals surface area contributed by atoms with Gasteiger partial charge in [-0.1, -0.05) is 34.1 Å². The van der Waals surface area contributed by atoms with Gasteiger partial charge in [-0.2, -0.15) is 5.10 Å². The molecule has 0 atom stereocenters. The van der Waals surface area contributed by atoms with E-state index in [0.29, 0.717) is 18.0 Å². The molecular weight excluding hydrogens is 460 g/mol. The van der Waals surface area contributed by atoms with Crippen molar-refractivity contribution in [3.8, 4) is 11.4 Å². The molecule has 0 aliphatic carbocycles. The molecule has 0 unspecified atom stereocenters. The van der Waals surface area contributed by atoms with Crippen molar-refractivity contribution in [3.63, 3.8) is 0 Å². The van der Waals surface area contributed by atoms with Crippen LogP contribution in [0.2, 0.25) is 0 Å². The summed E-state index contributed by atoms with van der Waals surface area (Å²) in [5.74, 6) is -1.21. The Kier molecular flexibility index (Phi) is 7.25. The molecule has 0 radical (unpaired) electrons. The predicted molar refractivity (Wildman–Crippen MR) is 125 cm³/mol. The van der Waals surface area contributed by atoms with E-state index in [0.717, 1.165) is 27.1 Å². The van der Waals surface area contributed by atoms with Gasteiger partial charge < -0.3 is 14.6 Å². The van der Waals surface area contributed by atoms with Crippen molar-refractivity contribution >= 4 is 39.6 Å². The van der Waals surface area contributed by atoms with Gasteiger partial charge >= 0.3 is 11.8 Å². The number of hydrazone groups is 1. The number of para-hydroxylation sites is 2. The first-order chi connectivity index (χ1) is 14.9. The zero-order valence-corrected chi connectivity index (χ0v) is 19.1. The van der Waals surface area contributed by atoms with E-state index in [1.165, 1.54) is 6.21 Å². The van der Waals surface area contributed by atoms with Crippen LogP contribution in [-0.2, 0) is 9.59 Å². The molecule has 7 nitrogen and oxygen atoms in total. The molecule has 0 bridgehead atoms. The molecule has 0 aliphatic rings. The molecule has 31 heavy (non-hydrogen) atoms. The maximum absolute atomic E-state index is 12.2. The smallest absolute Gasteiger partial charge is 0.329 e. The number of nitrogens with zero attached hydrogens (tertiary/aromatic N) is 2. The standard InChI is InChI=1S/C23H23BrN4O3/c1-4-31-21-11-6-5-10-20(21)26-22(29)23(30)27-25-14-17-12-15(2)28(16(17)3)19-9-7-8-18(24)13-19/h5-14H,4H2,1-3H3,(H,26,29)(H,27,30)/b25-14-. The number of nitrogens with one attached hydrogen (secondary N) is 2. The molecule has 2 N–H and O–H groups in total. The fourth-order valence-corrected chi connectivity index (χ4v) is 3.56. The highest BCUT2D eigenvalue weighted by molar-refractivity contribution is 9.10. The third kappa shape index (κ3) is 5.40. The van der Waals surface area contributed by atoms with Gasteiger partial charge in [0.1, 0.15) is 5.75 Å². The Bertz CT molecular complexity index is 1140. The summed E-state index contributed by atoms with van der Waals surface area (Å²) in [5.41, 5.74) is 6.52. The van der Waals surface area contributed by atoms with Gasteiger partial charge in [0.15, 0.2) is 0 Å². The molecule has 8 heteroatoms. The lowest BCUT2D eigenvalue weighted by atomic mass is 10.2. The van der Waals surface area contributed by atoms with E-state index in [-0.39, 0.29) is 0 Å². The lowest BCUT2D eigenvalue weighted by molar-refractivity contribution is -0.136. The Labute approximate surface area is 189 Å². The number of aryl methyl sites for hydroxylation is 1. The lowest BCUT2D eigenvalue weighted by Gasteiger charge is -2.10. The van der Waals surface area contributed by atoms with Crippen LogP contribution >= 0.6 is 15.9 Å². The van der Waals surface area contributed by atoms with Gasteiger partial charge in [0.2, 0.25) is 0 Å². The Hall–Kier alpha value is -3.39. The highest BCUT2D eigenvalue weighted by atomic mass is 79.9. The number of benzene rings is 2. The van der Waals surface area contributed by atoms with Crippen molar-refractivity contribution in [2.24, 2.45) is 5.10 Å². The fourth-order valence-electron chi connectivity index (χ4n) is 3.17. The molecule has 0 saturated heterocycles. The molecule has 3 rings (SSSR count). The van der Waals surface area contributed by atoms with Crippen LogP contribution in [0.5, 0.6) is 5.75 Å². The van der Waals surface area contributed by atoms with Crippen LogP contribution in [0.3, 0.4) is 0 Å². The maximum Gasteiger partial charge on any atom is 0.329 e. The second kappa shape index (κ2) is 10.1. The van der Waals surface area contributed by atoms with Crippen LogP contribution < -0.4 is 15.5 Å². The minimum absolute atomic E-state index is 0.422. The van der Waals surface area contributed by atoms with E-state index in [1.54, 1.807) is 24.3 Å². The molecule has 0 saturated carbocycles. The summed E-state index contributed by atoms with van der Waals surface area (Å²) in [5, 5.41) is 6.49. The second-order valence-electron chi connectivity index (χ2n) is 6.72. The summed E-state index contributed by atoms with van der Waals surface area (Å²) in [6.07, 6.45) is 1.52. The largest absolute Gasteiger partial charge is 0.492 e. The SMILES string of the molecule is CCOc1ccccc1NC(=O)C(=O)N/N=C\c1cc(C)n(-c2cccc(Br)c2)c1C. The van der Waals surface area contributed by atoms with E-state index in [1.807, 2.05) is 51.1 Å². The first-order valence-corrected chi connectivity index (χ1v) is 10.5. The summed E-state index contributed by atoms with van der Waals surface area (Å²) in [7, 11) is 0. The second-order valence-corrected chi connectivity index (χ2v) is 7.64. The molecule has 3 aromatic rings. The van der Waals surface area contributed by atoms with Crippen molar-refractivity contribution in [2.45, 2.75) is 20.8 Å². The number of carbonyl (C=O) groups is 2. The third-order valence-electron chi connectivity index (χ3n) is 4.55. The van der Waals surface area contributed by atoms with E-state index in [9.17, 15) is 9.59 Å². The van der Waals surface area contributed by atoms with E-state index < -0.39 is 11.8 Å². The van der Waals surface area contributed by atoms with Crippen LogP contribution in [0.15, 0.2) is 64.2 Å². The van der Waals surface area contributed by atoms with Crippen molar-refractivity contribution in [2.75, 3.05) is 11.9 Å². The van der Waals surface area contributed by atoms with Gasteiger partial charge in [0.05, 0.1) is 18.5 Å². The van der Waals surface area contributed by atoms with Crippen molar-refractivity contribution in [1.82, 2.24) is 9.99 Å². The van der Waals surface area contributed by atoms with Crippen LogP contribution in [-0.4, -0.2) is 29.2 Å². The Morgan fingerprint density at radius 1 is 1.10 bits per heavy atom. The zero-order chi connectivity index (χ0) is 22.4. The van der Waals surface area contributed by atoms with Gasteiger partial charge in [-0.05, 0) is 57.2 Å². The van der Waals surface area contributed by atoms with Crippen LogP contribution in [0.4, 0.5) is 5.69 Å². The van der Waals surface area contributed by atoms with Gasteiger partial charge in [0.25, 0.3) is 0 Å². The monoisotopic (exact) mass is 482 g/mol. The minimum Gasteiger partial charge on any atom is -0.492 e. The average molecular weight is 483 g/mol. The van der Waals surface area contributed by atoms with Crippen molar-refractivity contribution in [1.29, 1.82) is 0 Å². The Morgan fingerprint density at radius 2 is 1.87 bits per heavy atom. The third-order valence-corrected chi connectivity index (χ3v) is 5.04. The summed E-state index contributed by atoms with van der Waals surface area (Å²) < 4.78 is 8.52. The molecule has 160 valence electrons. The van der Waals surface area contributed by atoms with Crippen LogP contribution in [0.25, 0.3) is 5.69 Å². The van der Waals surface area contributed by atoms with Gasteiger partial charge in [0, 0.05) is 27.1 Å². The fraction of sp³-hybridized carbons (Fsp3) is 0.174. The normalized spacial score (nSPS) is 10.8. The molecule has 1 heterocycles. The first-order valence-electron chi connectivity index (χ1n) is 9.71. The molecule has 2 amide bonds. The number of halogens is 1. The number of carbonyl (C=O) groups excluding carboxylic acids is 2. The lowest BCUT2D eigenvalue weighted by Crippen LogP contribution is -2.32.